The van der Waals surface area contributed by atoms with E-state index in [0.29, 0.717) is 23.7 Å². The van der Waals surface area contributed by atoms with E-state index in [2.05, 4.69) is 35.9 Å². The predicted molar refractivity (Wildman–Crippen MR) is 115 cm³/mol. The fourth-order valence-corrected chi connectivity index (χ4v) is 5.89. The second kappa shape index (κ2) is 8.22. The summed E-state index contributed by atoms with van der Waals surface area (Å²) in [5.74, 6) is -0.322. The van der Waals surface area contributed by atoms with Crippen LogP contribution in [0.5, 0.6) is 0 Å². The largest absolute Gasteiger partial charge is 0.462 e. The van der Waals surface area contributed by atoms with Gasteiger partial charge in [0.05, 0.1) is 18.2 Å². The molecule has 0 fully saturated rings. The van der Waals surface area contributed by atoms with Crippen LogP contribution >= 0.6 is 11.3 Å². The van der Waals surface area contributed by atoms with Gasteiger partial charge >= 0.3 is 12.0 Å². The van der Waals surface area contributed by atoms with E-state index in [9.17, 15) is 9.59 Å². The van der Waals surface area contributed by atoms with E-state index in [-0.39, 0.29) is 18.0 Å². The smallest absolute Gasteiger partial charge is 0.341 e. The van der Waals surface area contributed by atoms with Crippen molar-refractivity contribution in [1.82, 2.24) is 9.47 Å². The molecule has 29 heavy (non-hydrogen) atoms. The zero-order valence-corrected chi connectivity index (χ0v) is 18.2. The Balaban J connectivity index is 1.61. The van der Waals surface area contributed by atoms with Gasteiger partial charge in [0.15, 0.2) is 0 Å². The van der Waals surface area contributed by atoms with Gasteiger partial charge in [-0.1, -0.05) is 6.92 Å². The number of urea groups is 1. The van der Waals surface area contributed by atoms with Crippen LogP contribution in [0.2, 0.25) is 0 Å². The number of rotatable bonds is 4. The molecule has 2 amide bonds. The zero-order chi connectivity index (χ0) is 20.5. The summed E-state index contributed by atoms with van der Waals surface area (Å²) in [6.07, 6.45) is 4.90. The predicted octanol–water partition coefficient (Wildman–Crippen LogP) is 4.91. The molecule has 0 bridgehead atoms. The lowest BCUT2D eigenvalue weighted by Crippen LogP contribution is -2.44. The molecule has 4 rings (SSSR count). The Morgan fingerprint density at radius 1 is 1.21 bits per heavy atom. The minimum atomic E-state index is -0.322. The van der Waals surface area contributed by atoms with Crippen molar-refractivity contribution in [2.45, 2.75) is 65.5 Å². The molecule has 0 unspecified atom stereocenters. The summed E-state index contributed by atoms with van der Waals surface area (Å²) >= 11 is 1.54. The van der Waals surface area contributed by atoms with Crippen molar-refractivity contribution in [1.29, 1.82) is 0 Å². The number of thiophene rings is 1. The van der Waals surface area contributed by atoms with Gasteiger partial charge in [-0.25, -0.2) is 9.59 Å². The summed E-state index contributed by atoms with van der Waals surface area (Å²) in [6, 6.07) is 4.15. The van der Waals surface area contributed by atoms with Crippen molar-refractivity contribution in [3.63, 3.8) is 0 Å². The first-order valence-corrected chi connectivity index (χ1v) is 11.4. The van der Waals surface area contributed by atoms with Crippen LogP contribution in [0, 0.1) is 6.92 Å². The Hall–Kier alpha value is -2.28. The molecule has 0 spiro atoms. The highest BCUT2D eigenvalue weighted by molar-refractivity contribution is 7.17. The molecule has 0 saturated heterocycles. The van der Waals surface area contributed by atoms with Crippen molar-refractivity contribution >= 4 is 28.3 Å². The maximum atomic E-state index is 13.3. The van der Waals surface area contributed by atoms with E-state index in [1.165, 1.54) is 16.3 Å². The first-order valence-electron chi connectivity index (χ1n) is 10.6. The minimum Gasteiger partial charge on any atom is -0.462 e. The lowest BCUT2D eigenvalue weighted by atomic mass is 9.95. The van der Waals surface area contributed by atoms with Gasteiger partial charge in [-0.2, -0.15) is 0 Å². The first kappa shape index (κ1) is 20.0. The third-order valence-corrected chi connectivity index (χ3v) is 7.24. The van der Waals surface area contributed by atoms with Gasteiger partial charge in [0.2, 0.25) is 0 Å². The second-order valence-corrected chi connectivity index (χ2v) is 8.84. The highest BCUT2D eigenvalue weighted by Gasteiger charge is 2.33. The number of aromatic nitrogens is 1. The maximum Gasteiger partial charge on any atom is 0.341 e. The van der Waals surface area contributed by atoms with E-state index < -0.39 is 0 Å². The van der Waals surface area contributed by atoms with Crippen LogP contribution in [0.1, 0.15) is 71.3 Å². The van der Waals surface area contributed by atoms with Crippen LogP contribution in [0.3, 0.4) is 0 Å². The van der Waals surface area contributed by atoms with Crippen LogP contribution in [0.15, 0.2) is 12.1 Å². The van der Waals surface area contributed by atoms with Gasteiger partial charge in [-0.15, -0.1) is 11.3 Å². The van der Waals surface area contributed by atoms with E-state index in [1.807, 2.05) is 11.8 Å². The van der Waals surface area contributed by atoms with Gasteiger partial charge < -0.3 is 14.2 Å². The molecule has 7 heteroatoms. The molecule has 1 aliphatic heterocycles. The highest BCUT2D eigenvalue weighted by Crippen LogP contribution is 2.39. The van der Waals surface area contributed by atoms with E-state index in [4.69, 9.17) is 4.74 Å². The average molecular weight is 416 g/mol. The Kier molecular flexibility index (Phi) is 5.67. The SMILES string of the molecule is CCOC(=O)c1c(NC(=O)N2CCn3c(C)ccc3[C@@H]2CC)sc2c1CCCC2. The van der Waals surface area contributed by atoms with Crippen LogP contribution < -0.4 is 5.32 Å². The number of nitrogens with zero attached hydrogens (tertiary/aromatic N) is 2. The number of esters is 1. The lowest BCUT2D eigenvalue weighted by Gasteiger charge is -2.37. The number of anilines is 1. The molecule has 2 aromatic heterocycles. The molecular weight excluding hydrogens is 386 g/mol. The Bertz CT molecular complexity index is 930. The lowest BCUT2D eigenvalue weighted by molar-refractivity contribution is 0.0526. The summed E-state index contributed by atoms with van der Waals surface area (Å²) in [6.45, 7) is 7.81. The second-order valence-electron chi connectivity index (χ2n) is 7.73. The van der Waals surface area contributed by atoms with Gasteiger partial charge in [-0.3, -0.25) is 5.32 Å². The molecule has 6 nitrogen and oxygen atoms in total. The number of fused-ring (bicyclic) bond motifs is 2. The summed E-state index contributed by atoms with van der Waals surface area (Å²) in [5.41, 5.74) is 4.06. The minimum absolute atomic E-state index is 0.0399. The van der Waals surface area contributed by atoms with Crippen molar-refractivity contribution < 1.29 is 14.3 Å². The van der Waals surface area contributed by atoms with E-state index in [1.54, 1.807) is 11.3 Å². The monoisotopic (exact) mass is 415 g/mol. The number of nitrogens with one attached hydrogen (secondary N) is 1. The summed E-state index contributed by atoms with van der Waals surface area (Å²) < 4.78 is 7.61. The topological polar surface area (TPSA) is 63.6 Å². The Morgan fingerprint density at radius 2 is 2.00 bits per heavy atom. The molecule has 1 atom stereocenters. The summed E-state index contributed by atoms with van der Waals surface area (Å²) in [4.78, 5) is 29.0. The summed E-state index contributed by atoms with van der Waals surface area (Å²) in [5, 5.41) is 3.72. The number of aryl methyl sites for hydroxylation is 2. The summed E-state index contributed by atoms with van der Waals surface area (Å²) in [7, 11) is 0. The average Bonchev–Trinajstić information content (AvgIpc) is 3.27. The third-order valence-electron chi connectivity index (χ3n) is 6.03. The first-order chi connectivity index (χ1) is 14.0. The number of carbonyl (C=O) groups excluding carboxylic acids is 2. The molecule has 2 aliphatic rings. The molecule has 2 aromatic rings. The maximum absolute atomic E-state index is 13.3. The fourth-order valence-electron chi connectivity index (χ4n) is 4.62. The van der Waals surface area contributed by atoms with Crippen molar-refractivity contribution in [2.24, 2.45) is 0 Å². The van der Waals surface area contributed by atoms with Gasteiger partial charge in [0, 0.05) is 29.4 Å². The molecule has 0 aromatic carbocycles. The molecule has 0 radical (unpaired) electrons. The quantitative estimate of drug-likeness (QED) is 0.722. The van der Waals surface area contributed by atoms with Crippen LogP contribution in [0.25, 0.3) is 0 Å². The number of hydrogen-bond donors (Lipinski definition) is 1. The number of amides is 2. The Morgan fingerprint density at radius 3 is 2.76 bits per heavy atom. The van der Waals surface area contributed by atoms with Crippen LogP contribution in [0.4, 0.5) is 9.80 Å². The molecular formula is C22H29N3O3S. The van der Waals surface area contributed by atoms with Crippen molar-refractivity contribution in [2.75, 3.05) is 18.5 Å². The zero-order valence-electron chi connectivity index (χ0n) is 17.4. The standard InChI is InChI=1S/C22H29N3O3S/c1-4-16-17-11-10-14(3)24(17)12-13-25(16)22(27)23-20-19(21(26)28-5-2)15-8-6-7-9-18(15)29-20/h10-11,16H,4-9,12-13H2,1-3H3,(H,23,27)/t16-/m0/s1. The highest BCUT2D eigenvalue weighted by atomic mass is 32.1. The van der Waals surface area contributed by atoms with Crippen molar-refractivity contribution in [3.05, 3.63) is 39.5 Å². The number of hydrogen-bond acceptors (Lipinski definition) is 4. The number of carbonyl (C=O) groups is 2. The van der Waals surface area contributed by atoms with Gasteiger partial charge in [0.25, 0.3) is 0 Å². The molecule has 1 N–H and O–H groups in total. The molecule has 156 valence electrons. The van der Waals surface area contributed by atoms with Crippen LogP contribution in [-0.4, -0.2) is 34.6 Å². The molecule has 3 heterocycles. The van der Waals surface area contributed by atoms with E-state index >= 15 is 0 Å². The third kappa shape index (κ3) is 3.56. The number of ether oxygens (including phenoxy) is 1. The van der Waals surface area contributed by atoms with Gasteiger partial charge in [0.1, 0.15) is 5.00 Å². The van der Waals surface area contributed by atoms with E-state index in [0.717, 1.165) is 44.2 Å². The molecule has 1 aliphatic carbocycles. The Labute approximate surface area is 175 Å². The fraction of sp³-hybridized carbons (Fsp3) is 0.545. The molecule has 0 saturated carbocycles. The van der Waals surface area contributed by atoms with Crippen molar-refractivity contribution in [3.8, 4) is 0 Å². The van der Waals surface area contributed by atoms with Crippen LogP contribution in [-0.2, 0) is 24.1 Å². The van der Waals surface area contributed by atoms with Gasteiger partial charge in [-0.05, 0) is 63.6 Å². The normalized spacial score (nSPS) is 18.2.